The van der Waals surface area contributed by atoms with Gasteiger partial charge in [-0.1, -0.05) is 0 Å². The molecular formula is C23H29N7O4. The molecule has 0 spiro atoms. The number of carbonyl (C=O) groups is 2. The Kier molecular flexibility index (Phi) is 7.67. The van der Waals surface area contributed by atoms with Crippen molar-refractivity contribution in [3.05, 3.63) is 70.4 Å². The van der Waals surface area contributed by atoms with Crippen LogP contribution in [0.5, 0.6) is 0 Å². The number of ether oxygens (including phenoxy) is 1. The molecule has 2 aromatic heterocycles. The summed E-state index contributed by atoms with van der Waals surface area (Å²) in [7, 11) is 0. The average molecular weight is 468 g/mol. The van der Waals surface area contributed by atoms with E-state index in [0.717, 1.165) is 13.0 Å². The Morgan fingerprint density at radius 1 is 1.18 bits per heavy atom. The second kappa shape index (κ2) is 10.6. The number of carbonyl (C=O) groups excluding carboxylic acids is 2. The van der Waals surface area contributed by atoms with Crippen LogP contribution in [0.3, 0.4) is 0 Å². The molecule has 0 saturated carbocycles. The lowest BCUT2D eigenvalue weighted by atomic mass is 10.1. The van der Waals surface area contributed by atoms with Crippen LogP contribution in [0.15, 0.2) is 52.8 Å². The van der Waals surface area contributed by atoms with Crippen LogP contribution < -0.4 is 16.3 Å². The van der Waals surface area contributed by atoms with Gasteiger partial charge in [0.2, 0.25) is 11.7 Å². The third kappa shape index (κ3) is 7.19. The zero-order valence-electron chi connectivity index (χ0n) is 19.6. The number of anilines is 1. The lowest BCUT2D eigenvalue weighted by Gasteiger charge is -2.20. The average Bonchev–Trinajstić information content (AvgIpc) is 3.38. The summed E-state index contributed by atoms with van der Waals surface area (Å²) in [4.78, 5) is 49.9. The van der Waals surface area contributed by atoms with E-state index < -0.39 is 17.4 Å². The Morgan fingerprint density at radius 2 is 1.91 bits per heavy atom. The first-order chi connectivity index (χ1) is 16.1. The summed E-state index contributed by atoms with van der Waals surface area (Å²) >= 11 is 0. The van der Waals surface area contributed by atoms with Crippen molar-refractivity contribution in [2.45, 2.75) is 46.3 Å². The second-order valence-corrected chi connectivity index (χ2v) is 8.62. The van der Waals surface area contributed by atoms with Gasteiger partial charge in [0.25, 0.3) is 0 Å². The minimum atomic E-state index is -0.657. The fourth-order valence-corrected chi connectivity index (χ4v) is 3.06. The molecule has 11 nitrogen and oxygen atoms in total. The number of alkyl carbamates (subject to hydrolysis) is 1. The Morgan fingerprint density at radius 3 is 2.50 bits per heavy atom. The summed E-state index contributed by atoms with van der Waals surface area (Å²) in [6.07, 6.45) is 5.42. The Hall–Kier alpha value is -4.15. The first-order valence-corrected chi connectivity index (χ1v) is 10.8. The van der Waals surface area contributed by atoms with E-state index in [1.807, 2.05) is 10.8 Å². The molecular weight excluding hydrogens is 438 g/mol. The smallest absolute Gasteiger partial charge is 0.414 e. The number of nitrogens with zero attached hydrogens (tertiary/aromatic N) is 3. The molecule has 4 N–H and O–H groups in total. The molecule has 1 amide bonds. The number of aryl methyl sites for hydroxylation is 2. The number of hydrogen-bond donors (Lipinski definition) is 4. The van der Waals surface area contributed by atoms with Crippen molar-refractivity contribution >= 4 is 23.5 Å². The van der Waals surface area contributed by atoms with Crippen LogP contribution in [-0.4, -0.2) is 49.5 Å². The van der Waals surface area contributed by atoms with Crippen molar-refractivity contribution in [3.8, 4) is 0 Å². The maximum atomic E-state index is 12.6. The predicted molar refractivity (Wildman–Crippen MR) is 128 cm³/mol. The van der Waals surface area contributed by atoms with Crippen LogP contribution in [0, 0.1) is 6.92 Å². The van der Waals surface area contributed by atoms with Gasteiger partial charge >= 0.3 is 11.8 Å². The standard InChI is InChI=1S/C23H29N7O4/c1-15-18(28-21(32)26-15)19(31)16-6-8-17(9-7-16)27-20(29-22(33)34-23(2,3)4)25-10-5-12-30-13-11-24-14-30/h6-9,11,13-14H,5,10,12H2,1-4H3,(H2,26,28,32)(H2,25,27,29,33). The van der Waals surface area contributed by atoms with Crippen molar-refractivity contribution < 1.29 is 14.3 Å². The zero-order valence-corrected chi connectivity index (χ0v) is 19.6. The first kappa shape index (κ1) is 24.5. The second-order valence-electron chi connectivity index (χ2n) is 8.62. The van der Waals surface area contributed by atoms with E-state index in [2.05, 4.69) is 30.6 Å². The topological polar surface area (TPSA) is 146 Å². The van der Waals surface area contributed by atoms with Crippen molar-refractivity contribution in [2.24, 2.45) is 4.99 Å². The van der Waals surface area contributed by atoms with Gasteiger partial charge in [-0.2, -0.15) is 0 Å². The molecule has 0 aliphatic rings. The Balaban J connectivity index is 1.68. The number of amides is 1. The molecule has 0 atom stereocenters. The zero-order chi connectivity index (χ0) is 24.7. The van der Waals surface area contributed by atoms with Crippen molar-refractivity contribution in [1.29, 1.82) is 0 Å². The monoisotopic (exact) mass is 467 g/mol. The summed E-state index contributed by atoms with van der Waals surface area (Å²) in [5.74, 6) is -0.0764. The fraction of sp³-hybridized carbons (Fsp3) is 0.348. The molecule has 2 heterocycles. The number of benzene rings is 1. The minimum absolute atomic E-state index is 0.220. The fourth-order valence-electron chi connectivity index (χ4n) is 3.06. The van der Waals surface area contributed by atoms with Crippen LogP contribution in [-0.2, 0) is 11.3 Å². The van der Waals surface area contributed by atoms with Crippen molar-refractivity contribution in [3.63, 3.8) is 0 Å². The van der Waals surface area contributed by atoms with Crippen molar-refractivity contribution in [1.82, 2.24) is 24.8 Å². The van der Waals surface area contributed by atoms with E-state index >= 15 is 0 Å². The number of H-pyrrole nitrogens is 2. The molecule has 0 bridgehead atoms. The summed E-state index contributed by atoms with van der Waals surface area (Å²) in [5.41, 5.74) is 0.626. The molecule has 0 aliphatic heterocycles. The lowest BCUT2D eigenvalue weighted by molar-refractivity contribution is 0.0563. The maximum Gasteiger partial charge on any atom is 0.414 e. The minimum Gasteiger partial charge on any atom is -0.444 e. The number of guanidine groups is 1. The number of aromatic nitrogens is 4. The van der Waals surface area contributed by atoms with Gasteiger partial charge in [0, 0.05) is 42.4 Å². The molecule has 0 aliphatic carbocycles. The van der Waals surface area contributed by atoms with Gasteiger partial charge in [0.1, 0.15) is 11.3 Å². The normalized spacial score (nSPS) is 11.8. The van der Waals surface area contributed by atoms with Gasteiger partial charge < -0.3 is 24.6 Å². The quantitative estimate of drug-likeness (QED) is 0.182. The van der Waals surface area contributed by atoms with Crippen LogP contribution in [0.25, 0.3) is 0 Å². The van der Waals surface area contributed by atoms with E-state index in [9.17, 15) is 14.4 Å². The summed E-state index contributed by atoms with van der Waals surface area (Å²) in [6.45, 7) is 8.16. The third-order valence-electron chi connectivity index (χ3n) is 4.57. The molecule has 11 heteroatoms. The van der Waals surface area contributed by atoms with E-state index in [-0.39, 0.29) is 17.4 Å². The highest BCUT2D eigenvalue weighted by Gasteiger charge is 2.18. The number of hydrogen-bond acceptors (Lipinski definition) is 6. The molecule has 3 aromatic rings. The van der Waals surface area contributed by atoms with Crippen LogP contribution >= 0.6 is 0 Å². The molecule has 0 saturated heterocycles. The highest BCUT2D eigenvalue weighted by molar-refractivity contribution is 6.09. The summed E-state index contributed by atoms with van der Waals surface area (Å²) < 4.78 is 7.27. The lowest BCUT2D eigenvalue weighted by Crippen LogP contribution is -2.40. The molecule has 1 aromatic carbocycles. The molecule has 0 unspecified atom stereocenters. The van der Waals surface area contributed by atoms with Gasteiger partial charge in [-0.3, -0.25) is 15.1 Å². The number of rotatable bonds is 7. The largest absolute Gasteiger partial charge is 0.444 e. The number of aliphatic imine (C=N–C) groups is 1. The number of imidazole rings is 2. The van der Waals surface area contributed by atoms with Gasteiger partial charge in [0.05, 0.1) is 6.33 Å². The molecule has 34 heavy (non-hydrogen) atoms. The Bertz CT molecular complexity index is 1200. The first-order valence-electron chi connectivity index (χ1n) is 10.8. The van der Waals surface area contributed by atoms with Crippen LogP contribution in [0.4, 0.5) is 10.5 Å². The van der Waals surface area contributed by atoms with Crippen LogP contribution in [0.1, 0.15) is 48.9 Å². The third-order valence-corrected chi connectivity index (χ3v) is 4.57. The van der Waals surface area contributed by atoms with Gasteiger partial charge in [-0.15, -0.1) is 0 Å². The maximum absolute atomic E-state index is 12.6. The molecule has 180 valence electrons. The van der Waals surface area contributed by atoms with E-state index in [4.69, 9.17) is 4.74 Å². The SMILES string of the molecule is Cc1[nH]c(=O)[nH]c1C(=O)c1ccc(NC(=NCCCn2ccnc2)NC(=O)OC(C)(C)C)cc1. The van der Waals surface area contributed by atoms with Crippen LogP contribution in [0.2, 0.25) is 0 Å². The van der Waals surface area contributed by atoms with Gasteiger partial charge in [-0.25, -0.2) is 14.6 Å². The highest BCUT2D eigenvalue weighted by Crippen LogP contribution is 2.14. The molecule has 0 radical (unpaired) electrons. The number of ketones is 1. The van der Waals surface area contributed by atoms with Gasteiger partial charge in [-0.05, 0) is 58.4 Å². The Labute approximate surface area is 196 Å². The van der Waals surface area contributed by atoms with E-state index in [1.54, 1.807) is 64.5 Å². The molecule has 3 rings (SSSR count). The van der Waals surface area contributed by atoms with Crippen molar-refractivity contribution in [2.75, 3.05) is 11.9 Å². The predicted octanol–water partition coefficient (Wildman–Crippen LogP) is 2.82. The van der Waals surface area contributed by atoms with E-state index in [1.165, 1.54) is 0 Å². The summed E-state index contributed by atoms with van der Waals surface area (Å²) in [6, 6.07) is 6.62. The van der Waals surface area contributed by atoms with E-state index in [0.29, 0.717) is 23.5 Å². The van der Waals surface area contributed by atoms with Gasteiger partial charge in [0.15, 0.2) is 0 Å². The number of aromatic amines is 2. The summed E-state index contributed by atoms with van der Waals surface area (Å²) in [5, 5.41) is 5.69. The number of nitrogens with one attached hydrogen (secondary N) is 4. The molecule has 0 fully saturated rings. The highest BCUT2D eigenvalue weighted by atomic mass is 16.6.